The second kappa shape index (κ2) is 14.3. The molecule has 292 valence electrons. The van der Waals surface area contributed by atoms with Crippen molar-refractivity contribution in [2.75, 3.05) is 18.1 Å². The summed E-state index contributed by atoms with van der Waals surface area (Å²) in [5, 5.41) is 42.2. The van der Waals surface area contributed by atoms with Crippen molar-refractivity contribution in [3.8, 4) is 0 Å². The van der Waals surface area contributed by atoms with E-state index in [1.165, 1.54) is 0 Å². The third-order valence-corrected chi connectivity index (χ3v) is 13.1. The van der Waals surface area contributed by atoms with E-state index < -0.39 is 92.6 Å². The number of nitrogens with two attached hydrogens (primary N) is 2. The van der Waals surface area contributed by atoms with Gasteiger partial charge in [-0.05, 0) is 0 Å². The summed E-state index contributed by atoms with van der Waals surface area (Å²) in [6.45, 7) is -1.20. The zero-order chi connectivity index (χ0) is 38.8. The van der Waals surface area contributed by atoms with Crippen molar-refractivity contribution in [2.45, 2.75) is 54.9 Å². The van der Waals surface area contributed by atoms with Crippen molar-refractivity contribution in [1.29, 1.82) is 0 Å². The summed E-state index contributed by atoms with van der Waals surface area (Å²) in [6, 6.07) is 0. The van der Waals surface area contributed by atoms with Crippen LogP contribution in [0.25, 0.3) is 22.3 Å². The number of nitrogen functional groups attached to an aromatic ring is 2. The number of rotatable bonds is 13. The number of anilines is 2. The number of fused-ring (bicyclic) bond motifs is 2. The summed E-state index contributed by atoms with van der Waals surface area (Å²) in [7, 11) is -25.7. The Hall–Kier alpha value is -2.98. The molecule has 0 aromatic carbocycles. The van der Waals surface area contributed by atoms with Gasteiger partial charge in [0.2, 0.25) is 0 Å². The Morgan fingerprint density at radius 1 is 0.755 bits per heavy atom. The van der Waals surface area contributed by atoms with Crippen molar-refractivity contribution < 1.29 is 90.3 Å². The molecule has 9 N–H and O–H groups in total. The van der Waals surface area contributed by atoms with Crippen LogP contribution in [-0.4, -0.2) is 113 Å². The molecule has 2 saturated heterocycles. The van der Waals surface area contributed by atoms with Crippen LogP contribution >= 0.6 is 31.1 Å². The number of aliphatic hydroxyl groups excluding tert-OH is 4. The average molecular weight is 832 g/mol. The molecule has 53 heavy (non-hydrogen) atoms. The van der Waals surface area contributed by atoms with Gasteiger partial charge in [-0.3, -0.25) is 22.5 Å². The van der Waals surface area contributed by atoms with Gasteiger partial charge in [-0.25, -0.2) is 38.8 Å². The molecular weight excluding hydrogens is 808 g/mol. The fourth-order valence-electron chi connectivity index (χ4n) is 5.31. The summed E-state index contributed by atoms with van der Waals surface area (Å²) >= 11 is 0. The Morgan fingerprint density at radius 2 is 1.26 bits per heavy atom. The zero-order valence-corrected chi connectivity index (χ0v) is 29.3. The number of imidazole rings is 2. The average Bonchev–Trinajstić information content (AvgIpc) is 3.80. The predicted octanol–water partition coefficient (Wildman–Crippen LogP) is -5.59. The highest BCUT2D eigenvalue weighted by molar-refractivity contribution is 7.67. The fraction of sp³-hybridized carbons (Fsp3) is 0.500. The van der Waals surface area contributed by atoms with Crippen LogP contribution in [0.15, 0.2) is 25.3 Å². The second-order valence-electron chi connectivity index (χ2n) is 11.0. The van der Waals surface area contributed by atoms with E-state index in [9.17, 15) is 63.2 Å². The summed E-state index contributed by atoms with van der Waals surface area (Å²) < 4.78 is 78.7. The van der Waals surface area contributed by atoms with Gasteiger partial charge in [0, 0.05) is 0 Å². The van der Waals surface area contributed by atoms with Crippen LogP contribution in [0.1, 0.15) is 12.5 Å². The Kier molecular flexibility index (Phi) is 10.7. The van der Waals surface area contributed by atoms with Gasteiger partial charge in [0.1, 0.15) is 60.3 Å². The zero-order valence-electron chi connectivity index (χ0n) is 25.7. The maximum absolute atomic E-state index is 13.1. The molecule has 33 heteroatoms. The van der Waals surface area contributed by atoms with E-state index in [1.807, 2.05) is 0 Å². The maximum atomic E-state index is 13.1. The molecule has 2 aliphatic heterocycles. The Balaban J connectivity index is 1.15. The molecule has 2 aliphatic rings. The number of phosphoric acid groups is 3. The molecule has 4 aromatic heterocycles. The maximum Gasteiger partial charge on any atom is 0.478 e. The molecule has 0 radical (unpaired) electrons. The smallest absolute Gasteiger partial charge is 0.478 e. The van der Waals surface area contributed by atoms with Crippen molar-refractivity contribution in [3.05, 3.63) is 25.3 Å². The van der Waals surface area contributed by atoms with Gasteiger partial charge in [-0.15, -0.1) is 0 Å². The van der Waals surface area contributed by atoms with Crippen LogP contribution in [0.5, 0.6) is 0 Å². The molecule has 29 nitrogen and oxygen atoms in total. The predicted molar refractivity (Wildman–Crippen MR) is 157 cm³/mol. The first-order chi connectivity index (χ1) is 24.6. The Bertz CT molecular complexity index is 2200. The van der Waals surface area contributed by atoms with E-state index in [0.717, 1.165) is 34.4 Å². The van der Waals surface area contributed by atoms with Gasteiger partial charge >= 0.3 is 7.82 Å². The van der Waals surface area contributed by atoms with Crippen LogP contribution in [-0.2, 0) is 45.4 Å². The van der Waals surface area contributed by atoms with Crippen molar-refractivity contribution >= 4 is 65.0 Å². The first kappa shape index (κ1) is 39.7. The molecule has 4 aromatic rings. The lowest BCUT2D eigenvalue weighted by molar-refractivity contribution is -0.347. The van der Waals surface area contributed by atoms with E-state index in [4.69, 9.17) is 20.9 Å². The first-order valence-corrected chi connectivity index (χ1v) is 20.2. The molecule has 0 bridgehead atoms. The highest BCUT2D eigenvalue weighted by Crippen LogP contribution is 2.67. The molecular formula is C20H24N10O19P4-4. The molecule has 2 fully saturated rings. The first-order valence-electron chi connectivity index (χ1n) is 14.2. The lowest BCUT2D eigenvalue weighted by Gasteiger charge is -2.43. The molecule has 0 spiro atoms. The van der Waals surface area contributed by atoms with Crippen LogP contribution in [0.4, 0.5) is 11.6 Å². The lowest BCUT2D eigenvalue weighted by atomic mass is 10.1. The second-order valence-corrected chi connectivity index (χ2v) is 17.1. The fourth-order valence-corrected chi connectivity index (χ4v) is 10.5. The van der Waals surface area contributed by atoms with E-state index in [2.05, 4.69) is 47.6 Å². The molecule has 0 aliphatic carbocycles. The summed E-state index contributed by atoms with van der Waals surface area (Å²) in [6.07, 6.45) is -11.9. The quantitative estimate of drug-likeness (QED) is 0.0617. The third kappa shape index (κ3) is 8.05. The van der Waals surface area contributed by atoms with E-state index in [0.29, 0.717) is 0 Å². The number of aromatic nitrogens is 8. The van der Waals surface area contributed by atoms with E-state index in [-0.39, 0.29) is 34.0 Å². The SMILES string of the molecule is Nc1ncnc2c1ncn2C1OC(COP(=O)(O)OP(=O)([O-])OP(=O)([O-])C(OP(=O)([O-])[O-])C2OC(n3cnc4c(N)ncnc43)C(O)C2O)C(O)C1O. The van der Waals surface area contributed by atoms with Gasteiger partial charge < -0.3 is 79.5 Å². The van der Waals surface area contributed by atoms with Crippen molar-refractivity contribution in [2.24, 2.45) is 0 Å². The van der Waals surface area contributed by atoms with Crippen molar-refractivity contribution in [3.63, 3.8) is 0 Å². The topological polar surface area (TPSA) is 456 Å². The standard InChI is InChI=1S/C20H28N10O19P4/c21-14-7-16(25-2-23-14)29(4-27-7)18-11(33)9(31)6(45-18)1-44-52(40,41)49-53(42,43)48-50(35,36)20(47-51(37,38)39)13-10(32)12(34)19(46-13)30-5-28-8-15(22)24-3-26-17(8)30/h2-6,9-13,18-20,31-34H,1H2,(H,35,36)(H,40,41)(H,42,43)(H2,21,23,25)(H2,22,24,26)(H2,37,38,39)/p-4. The number of aliphatic hydroxyl groups is 4. The van der Waals surface area contributed by atoms with Crippen LogP contribution in [0.3, 0.4) is 0 Å². The Labute approximate surface area is 292 Å². The van der Waals surface area contributed by atoms with Crippen LogP contribution in [0, 0.1) is 0 Å². The van der Waals surface area contributed by atoms with Gasteiger partial charge in [-0.2, -0.15) is 0 Å². The van der Waals surface area contributed by atoms with Gasteiger partial charge in [0.05, 0.1) is 27.1 Å². The number of phosphoric ester groups is 2. The summed E-state index contributed by atoms with van der Waals surface area (Å²) in [5.74, 6) is -3.60. The van der Waals surface area contributed by atoms with Crippen molar-refractivity contribution in [1.82, 2.24) is 39.0 Å². The largest absolute Gasteiger partial charge is 0.790 e. The van der Waals surface area contributed by atoms with Gasteiger partial charge in [0.25, 0.3) is 7.82 Å². The summed E-state index contributed by atoms with van der Waals surface area (Å²) in [5.41, 5.74) is 11.3. The van der Waals surface area contributed by atoms with E-state index >= 15 is 0 Å². The molecule has 12 atom stereocenters. The highest BCUT2D eigenvalue weighted by Gasteiger charge is 2.53. The number of hydrogen-bond acceptors (Lipinski definition) is 26. The summed E-state index contributed by atoms with van der Waals surface area (Å²) in [4.78, 5) is 81.9. The number of nitrogens with zero attached hydrogens (tertiary/aromatic N) is 8. The van der Waals surface area contributed by atoms with E-state index in [1.54, 1.807) is 0 Å². The number of ether oxygens (including phenoxy) is 2. The Morgan fingerprint density at radius 3 is 1.79 bits per heavy atom. The number of hydrogen-bond donors (Lipinski definition) is 7. The minimum absolute atomic E-state index is 0.0427. The molecule has 0 amide bonds. The van der Waals surface area contributed by atoms with Crippen LogP contribution in [0.2, 0.25) is 0 Å². The van der Waals surface area contributed by atoms with Gasteiger partial charge in [0.15, 0.2) is 48.8 Å². The third-order valence-electron chi connectivity index (χ3n) is 7.58. The minimum Gasteiger partial charge on any atom is -0.790 e. The molecule has 0 saturated carbocycles. The van der Waals surface area contributed by atoms with Crippen LogP contribution < -0.4 is 31.0 Å². The lowest BCUT2D eigenvalue weighted by Crippen LogP contribution is -2.43. The molecule has 12 unspecified atom stereocenters. The molecule has 6 heterocycles. The minimum atomic E-state index is -6.68. The van der Waals surface area contributed by atoms with Gasteiger partial charge in [-0.1, -0.05) is 0 Å². The normalized spacial score (nSPS) is 30.7. The molecule has 6 rings (SSSR count). The highest BCUT2D eigenvalue weighted by atomic mass is 31.3. The monoisotopic (exact) mass is 832 g/mol.